The first-order valence-corrected chi connectivity index (χ1v) is 8.15. The van der Waals surface area contributed by atoms with Crippen LogP contribution in [0.2, 0.25) is 0 Å². The molecule has 0 saturated carbocycles. The standard InChI is InChI=1S/C19H25NO3/c1-19(2,22)11-9-15-5-7-17(8-6-15)18(21)20-12-10-16-4-3-13-23-14-16/h5-8,16,22H,3-4,10,12-14H2,1-2H3,(H,20,21)/t16-/m1/s1. The summed E-state index contributed by atoms with van der Waals surface area (Å²) in [6, 6.07) is 7.10. The van der Waals surface area contributed by atoms with E-state index >= 15 is 0 Å². The van der Waals surface area contributed by atoms with Crippen molar-refractivity contribution in [2.45, 2.75) is 38.7 Å². The normalized spacial score (nSPS) is 18.0. The predicted molar refractivity (Wildman–Crippen MR) is 90.1 cm³/mol. The van der Waals surface area contributed by atoms with Crippen molar-refractivity contribution in [1.82, 2.24) is 5.32 Å². The van der Waals surface area contributed by atoms with Crippen molar-refractivity contribution in [1.29, 1.82) is 0 Å². The van der Waals surface area contributed by atoms with Crippen molar-refractivity contribution in [2.24, 2.45) is 5.92 Å². The third kappa shape index (κ3) is 6.43. The summed E-state index contributed by atoms with van der Waals surface area (Å²) in [7, 11) is 0. The summed E-state index contributed by atoms with van der Waals surface area (Å²) in [6.07, 6.45) is 3.26. The molecule has 1 saturated heterocycles. The number of hydrogen-bond donors (Lipinski definition) is 2. The number of aliphatic hydroxyl groups is 1. The van der Waals surface area contributed by atoms with E-state index < -0.39 is 5.60 Å². The number of benzene rings is 1. The Morgan fingerprint density at radius 2 is 2.13 bits per heavy atom. The first kappa shape index (κ1) is 17.5. The number of hydrogen-bond acceptors (Lipinski definition) is 3. The average Bonchev–Trinajstić information content (AvgIpc) is 2.54. The maximum atomic E-state index is 12.1. The minimum absolute atomic E-state index is 0.0660. The molecular formula is C19H25NO3. The van der Waals surface area contributed by atoms with E-state index in [1.807, 2.05) is 0 Å². The van der Waals surface area contributed by atoms with Gasteiger partial charge in [-0.25, -0.2) is 0 Å². The van der Waals surface area contributed by atoms with Crippen LogP contribution in [0.25, 0.3) is 0 Å². The Morgan fingerprint density at radius 1 is 1.39 bits per heavy atom. The molecule has 0 unspecified atom stereocenters. The molecule has 0 spiro atoms. The quantitative estimate of drug-likeness (QED) is 0.839. The highest BCUT2D eigenvalue weighted by Crippen LogP contribution is 2.16. The molecule has 1 aromatic carbocycles. The lowest BCUT2D eigenvalue weighted by molar-refractivity contribution is 0.0514. The van der Waals surface area contributed by atoms with Crippen LogP contribution in [0.4, 0.5) is 0 Å². The monoisotopic (exact) mass is 315 g/mol. The van der Waals surface area contributed by atoms with Gasteiger partial charge in [0.15, 0.2) is 0 Å². The third-order valence-corrected chi connectivity index (χ3v) is 3.75. The lowest BCUT2D eigenvalue weighted by Gasteiger charge is -2.21. The van der Waals surface area contributed by atoms with Crippen LogP contribution < -0.4 is 5.32 Å². The highest BCUT2D eigenvalue weighted by Gasteiger charge is 2.14. The van der Waals surface area contributed by atoms with Crippen LogP contribution in [0.3, 0.4) is 0 Å². The molecule has 1 atom stereocenters. The predicted octanol–water partition coefficient (Wildman–Crippen LogP) is 2.36. The van der Waals surface area contributed by atoms with E-state index in [1.165, 1.54) is 6.42 Å². The Hall–Kier alpha value is -1.83. The van der Waals surface area contributed by atoms with Crippen molar-refractivity contribution in [3.8, 4) is 11.8 Å². The minimum Gasteiger partial charge on any atom is -0.381 e. The van der Waals surface area contributed by atoms with Gasteiger partial charge in [-0.1, -0.05) is 11.8 Å². The van der Waals surface area contributed by atoms with Gasteiger partial charge >= 0.3 is 0 Å². The number of carbonyl (C=O) groups excluding carboxylic acids is 1. The largest absolute Gasteiger partial charge is 0.381 e. The second-order valence-electron chi connectivity index (χ2n) is 6.51. The molecule has 1 amide bonds. The molecule has 124 valence electrons. The SMILES string of the molecule is CC(C)(O)C#Cc1ccc(C(=O)NCC[C@H]2CCCOC2)cc1. The van der Waals surface area contributed by atoms with Crippen molar-refractivity contribution in [2.75, 3.05) is 19.8 Å². The topological polar surface area (TPSA) is 58.6 Å². The zero-order valence-electron chi connectivity index (χ0n) is 13.9. The fourth-order valence-electron chi connectivity index (χ4n) is 2.46. The molecule has 0 bridgehead atoms. The van der Waals surface area contributed by atoms with E-state index in [2.05, 4.69) is 17.2 Å². The summed E-state index contributed by atoms with van der Waals surface area (Å²) in [6.45, 7) is 5.63. The van der Waals surface area contributed by atoms with E-state index in [-0.39, 0.29) is 5.91 Å². The van der Waals surface area contributed by atoms with Crippen LogP contribution in [0.5, 0.6) is 0 Å². The maximum Gasteiger partial charge on any atom is 0.251 e. The van der Waals surface area contributed by atoms with E-state index in [1.54, 1.807) is 38.1 Å². The molecule has 1 aliphatic rings. The number of rotatable bonds is 4. The first-order valence-electron chi connectivity index (χ1n) is 8.15. The lowest BCUT2D eigenvalue weighted by atomic mass is 9.99. The van der Waals surface area contributed by atoms with Gasteiger partial charge in [0.05, 0.1) is 0 Å². The summed E-state index contributed by atoms with van der Waals surface area (Å²) >= 11 is 0. The van der Waals surface area contributed by atoms with Gasteiger partial charge in [0.2, 0.25) is 0 Å². The van der Waals surface area contributed by atoms with E-state index in [0.717, 1.165) is 31.6 Å². The molecule has 1 aliphatic heterocycles. The van der Waals surface area contributed by atoms with Crippen LogP contribution >= 0.6 is 0 Å². The number of ether oxygens (including phenoxy) is 1. The van der Waals surface area contributed by atoms with Crippen molar-refractivity contribution < 1.29 is 14.6 Å². The van der Waals surface area contributed by atoms with E-state index in [0.29, 0.717) is 18.0 Å². The number of amides is 1. The molecule has 23 heavy (non-hydrogen) atoms. The lowest BCUT2D eigenvalue weighted by Crippen LogP contribution is -2.28. The van der Waals surface area contributed by atoms with Crippen molar-refractivity contribution in [3.63, 3.8) is 0 Å². The third-order valence-electron chi connectivity index (χ3n) is 3.75. The summed E-state index contributed by atoms with van der Waals surface area (Å²) in [5.74, 6) is 6.13. The Kier molecular flexibility index (Phi) is 6.20. The van der Waals surface area contributed by atoms with Crippen LogP contribution in [-0.2, 0) is 4.74 Å². The van der Waals surface area contributed by atoms with E-state index in [9.17, 15) is 9.90 Å². The number of carbonyl (C=O) groups is 1. The molecule has 2 N–H and O–H groups in total. The van der Waals surface area contributed by atoms with E-state index in [4.69, 9.17) is 4.74 Å². The van der Waals surface area contributed by atoms with Gasteiger partial charge < -0.3 is 15.2 Å². The van der Waals surface area contributed by atoms with Crippen molar-refractivity contribution >= 4 is 5.91 Å². The molecule has 4 nitrogen and oxygen atoms in total. The summed E-state index contributed by atoms with van der Waals surface area (Å²) in [5, 5.41) is 12.5. The van der Waals surface area contributed by atoms with Gasteiger partial charge in [0.25, 0.3) is 5.91 Å². The number of nitrogens with one attached hydrogen (secondary N) is 1. The van der Waals surface area contributed by atoms with Gasteiger partial charge in [-0.3, -0.25) is 4.79 Å². The van der Waals surface area contributed by atoms with Gasteiger partial charge in [-0.15, -0.1) is 0 Å². The first-order chi connectivity index (χ1) is 10.9. The van der Waals surface area contributed by atoms with Crippen LogP contribution in [-0.4, -0.2) is 36.4 Å². The summed E-state index contributed by atoms with van der Waals surface area (Å²) < 4.78 is 5.44. The zero-order chi connectivity index (χ0) is 16.7. The molecular weight excluding hydrogens is 290 g/mol. The fourth-order valence-corrected chi connectivity index (χ4v) is 2.46. The average molecular weight is 315 g/mol. The Balaban J connectivity index is 1.81. The smallest absolute Gasteiger partial charge is 0.251 e. The molecule has 4 heteroatoms. The van der Waals surface area contributed by atoms with Gasteiger partial charge in [-0.2, -0.15) is 0 Å². The molecule has 0 aliphatic carbocycles. The Labute approximate surface area is 138 Å². The van der Waals surface area contributed by atoms with Crippen molar-refractivity contribution in [3.05, 3.63) is 35.4 Å². The minimum atomic E-state index is -1.02. The zero-order valence-corrected chi connectivity index (χ0v) is 13.9. The second kappa shape index (κ2) is 8.14. The molecule has 1 heterocycles. The Morgan fingerprint density at radius 3 is 2.74 bits per heavy atom. The molecule has 2 rings (SSSR count). The summed E-state index contributed by atoms with van der Waals surface area (Å²) in [5.41, 5.74) is 0.389. The van der Waals surface area contributed by atoms with Crippen LogP contribution in [0.15, 0.2) is 24.3 Å². The van der Waals surface area contributed by atoms with Gasteiger partial charge in [0.1, 0.15) is 5.60 Å². The Bertz CT molecular complexity index is 569. The van der Waals surface area contributed by atoms with Crippen LogP contribution in [0, 0.1) is 17.8 Å². The summed E-state index contributed by atoms with van der Waals surface area (Å²) in [4.78, 5) is 12.1. The molecule has 1 aromatic rings. The molecule has 0 aromatic heterocycles. The highest BCUT2D eigenvalue weighted by molar-refractivity contribution is 5.94. The highest BCUT2D eigenvalue weighted by atomic mass is 16.5. The van der Waals surface area contributed by atoms with Crippen LogP contribution in [0.1, 0.15) is 49.0 Å². The second-order valence-corrected chi connectivity index (χ2v) is 6.51. The maximum absolute atomic E-state index is 12.1. The molecule has 1 fully saturated rings. The van der Waals surface area contributed by atoms with Gasteiger partial charge in [-0.05, 0) is 63.3 Å². The fraction of sp³-hybridized carbons (Fsp3) is 0.526. The van der Waals surface area contributed by atoms with Gasteiger partial charge in [0, 0.05) is 30.9 Å². The molecule has 0 radical (unpaired) electrons.